The van der Waals surface area contributed by atoms with Crippen LogP contribution in [0.25, 0.3) is 32.6 Å². The van der Waals surface area contributed by atoms with Gasteiger partial charge in [-0.25, -0.2) is 14.8 Å². The minimum absolute atomic E-state index is 0.0223. The number of likely N-dealkylation sites (tertiary alicyclic amines) is 1. The van der Waals surface area contributed by atoms with Gasteiger partial charge in [-0.1, -0.05) is 13.0 Å². The van der Waals surface area contributed by atoms with Gasteiger partial charge in [0.2, 0.25) is 5.43 Å². The number of carbonyl (C=O) groups is 2. The van der Waals surface area contributed by atoms with Crippen molar-refractivity contribution in [1.82, 2.24) is 30.1 Å². The number of amides is 3. The summed E-state index contributed by atoms with van der Waals surface area (Å²) < 4.78 is 42.5. The SMILES string of the molecule is CCCNC(=O)Nc1cc(-c2nc(C(F)(F)F)cs2)c(-c2ccc3c(c2)c(=O)c(C(=O)NCCO)cn3CCC2CCN(C)CC2)cn1. The maximum Gasteiger partial charge on any atom is 0.434 e. The molecular formula is C33H38F3N7O4S. The highest BCUT2D eigenvalue weighted by molar-refractivity contribution is 7.13. The van der Waals surface area contributed by atoms with Crippen LogP contribution in [0.2, 0.25) is 0 Å². The van der Waals surface area contributed by atoms with Gasteiger partial charge in [0.1, 0.15) is 16.4 Å². The Hall–Kier alpha value is -4.34. The summed E-state index contributed by atoms with van der Waals surface area (Å²) in [6.07, 6.45) is 1.97. The van der Waals surface area contributed by atoms with Gasteiger partial charge in [0.15, 0.2) is 5.69 Å². The number of nitrogens with one attached hydrogen (secondary N) is 3. The van der Waals surface area contributed by atoms with Gasteiger partial charge in [0.25, 0.3) is 5.91 Å². The lowest BCUT2D eigenvalue weighted by atomic mass is 9.93. The van der Waals surface area contributed by atoms with Gasteiger partial charge >= 0.3 is 12.2 Å². The number of rotatable bonds is 11. The molecule has 256 valence electrons. The second-order valence-corrected chi connectivity index (χ2v) is 12.7. The number of hydrogen-bond acceptors (Lipinski definition) is 8. The van der Waals surface area contributed by atoms with E-state index in [4.69, 9.17) is 0 Å². The zero-order valence-electron chi connectivity index (χ0n) is 26.7. The zero-order valence-corrected chi connectivity index (χ0v) is 27.5. The number of thiazole rings is 1. The summed E-state index contributed by atoms with van der Waals surface area (Å²) in [5, 5.41) is 18.3. The maximum absolute atomic E-state index is 13.8. The fourth-order valence-electron chi connectivity index (χ4n) is 5.71. The molecule has 1 fully saturated rings. The molecule has 11 nitrogen and oxygen atoms in total. The molecule has 0 bridgehead atoms. The number of pyridine rings is 2. The van der Waals surface area contributed by atoms with Gasteiger partial charge in [0.05, 0.1) is 12.1 Å². The fourth-order valence-corrected chi connectivity index (χ4v) is 6.56. The number of piperidine rings is 1. The van der Waals surface area contributed by atoms with Crippen molar-refractivity contribution in [1.29, 1.82) is 0 Å². The van der Waals surface area contributed by atoms with Crippen LogP contribution >= 0.6 is 11.3 Å². The highest BCUT2D eigenvalue weighted by Gasteiger charge is 2.34. The molecule has 0 saturated carbocycles. The fraction of sp³-hybridized carbons (Fsp3) is 0.424. The normalized spacial score (nSPS) is 14.3. The predicted octanol–water partition coefficient (Wildman–Crippen LogP) is 5.19. The number of carbonyl (C=O) groups excluding carboxylic acids is 2. The standard InChI is InChI=1S/C33H38F3N7O4S/c1-3-9-38-32(47)41-28-16-22(31-40-27(19-48-31)33(34,35)36)24(17-39-28)21-4-5-26-23(15-21)29(45)25(30(46)37-10-14-44)18-43(26)13-8-20-6-11-42(2)12-7-20/h4-5,15-20,44H,3,6-14H2,1-2H3,(H,37,46)(H2,38,39,41,47). The van der Waals surface area contributed by atoms with Gasteiger partial charge in [-0.15, -0.1) is 11.3 Å². The number of alkyl halides is 3. The lowest BCUT2D eigenvalue weighted by Crippen LogP contribution is -2.32. The van der Waals surface area contributed by atoms with E-state index in [9.17, 15) is 32.7 Å². The first kappa shape index (κ1) is 35.0. The van der Waals surface area contributed by atoms with Gasteiger partial charge < -0.3 is 25.2 Å². The molecule has 1 saturated heterocycles. The van der Waals surface area contributed by atoms with E-state index in [0.29, 0.717) is 42.1 Å². The van der Waals surface area contributed by atoms with Crippen LogP contribution in [0.1, 0.15) is 48.7 Å². The third kappa shape index (κ3) is 8.20. The summed E-state index contributed by atoms with van der Waals surface area (Å²) in [6, 6.07) is 6.04. The number of aromatic nitrogens is 3. The van der Waals surface area contributed by atoms with E-state index >= 15 is 0 Å². The first-order valence-corrected chi connectivity index (χ1v) is 16.7. The molecule has 1 aliphatic heterocycles. The average Bonchev–Trinajstić information content (AvgIpc) is 3.58. The van der Waals surface area contributed by atoms with E-state index in [2.05, 4.69) is 37.9 Å². The Balaban J connectivity index is 1.60. The van der Waals surface area contributed by atoms with Crippen LogP contribution in [0.5, 0.6) is 0 Å². The van der Waals surface area contributed by atoms with Crippen LogP contribution in [0.3, 0.4) is 0 Å². The van der Waals surface area contributed by atoms with Gasteiger partial charge in [-0.3, -0.25) is 14.9 Å². The number of anilines is 1. The van der Waals surface area contributed by atoms with Crippen molar-refractivity contribution in [2.75, 3.05) is 45.2 Å². The van der Waals surface area contributed by atoms with E-state index in [1.165, 1.54) is 12.3 Å². The molecule has 1 aliphatic rings. The minimum atomic E-state index is -4.66. The Labute approximate surface area is 279 Å². The number of aliphatic hydroxyl groups excluding tert-OH is 1. The number of hydrogen-bond donors (Lipinski definition) is 4. The second-order valence-electron chi connectivity index (χ2n) is 11.8. The summed E-state index contributed by atoms with van der Waals surface area (Å²) in [4.78, 5) is 49.6. The number of fused-ring (bicyclic) bond motifs is 1. The number of urea groups is 1. The lowest BCUT2D eigenvalue weighted by molar-refractivity contribution is -0.140. The van der Waals surface area contributed by atoms with Crippen LogP contribution in [0.15, 0.2) is 46.8 Å². The van der Waals surface area contributed by atoms with Crippen LogP contribution in [0.4, 0.5) is 23.8 Å². The van der Waals surface area contributed by atoms with Gasteiger partial charge in [-0.05, 0) is 75.5 Å². The Morgan fingerprint density at radius 3 is 2.56 bits per heavy atom. The first-order valence-electron chi connectivity index (χ1n) is 15.8. The summed E-state index contributed by atoms with van der Waals surface area (Å²) in [7, 11) is 2.10. The van der Waals surface area contributed by atoms with Crippen molar-refractivity contribution in [3.05, 3.63) is 63.5 Å². The second kappa shape index (κ2) is 15.3. The average molecular weight is 686 g/mol. The quantitative estimate of drug-likeness (QED) is 0.170. The molecule has 15 heteroatoms. The van der Waals surface area contributed by atoms with Crippen LogP contribution < -0.4 is 21.4 Å². The van der Waals surface area contributed by atoms with Crippen LogP contribution in [-0.2, 0) is 12.7 Å². The highest BCUT2D eigenvalue weighted by Crippen LogP contribution is 2.39. The maximum atomic E-state index is 13.8. The molecule has 0 unspecified atom stereocenters. The van der Waals surface area contributed by atoms with Crippen molar-refractivity contribution in [3.8, 4) is 21.7 Å². The molecule has 3 aromatic heterocycles. The molecule has 1 aromatic carbocycles. The molecule has 0 spiro atoms. The van der Waals surface area contributed by atoms with Crippen molar-refractivity contribution in [3.63, 3.8) is 0 Å². The molecule has 0 radical (unpaired) electrons. The Bertz CT molecular complexity index is 1830. The molecule has 3 amide bonds. The Morgan fingerprint density at radius 1 is 1.10 bits per heavy atom. The number of halogens is 3. The summed E-state index contributed by atoms with van der Waals surface area (Å²) >= 11 is 0.794. The highest BCUT2D eigenvalue weighted by atomic mass is 32.1. The molecule has 4 heterocycles. The number of benzene rings is 1. The lowest BCUT2D eigenvalue weighted by Gasteiger charge is -2.29. The molecule has 4 aromatic rings. The summed E-state index contributed by atoms with van der Waals surface area (Å²) in [6.45, 7) is 4.58. The molecule has 0 atom stereocenters. The molecule has 0 aliphatic carbocycles. The third-order valence-corrected chi connectivity index (χ3v) is 9.23. The van der Waals surface area contributed by atoms with Crippen molar-refractivity contribution in [2.45, 2.75) is 45.3 Å². The van der Waals surface area contributed by atoms with Gasteiger partial charge in [-0.2, -0.15) is 13.2 Å². The van der Waals surface area contributed by atoms with Crippen molar-refractivity contribution >= 4 is 40.0 Å². The molecule has 48 heavy (non-hydrogen) atoms. The molecule has 4 N–H and O–H groups in total. The van der Waals surface area contributed by atoms with E-state index in [1.807, 2.05) is 11.5 Å². The summed E-state index contributed by atoms with van der Waals surface area (Å²) in [5.41, 5.74) is 0.0630. The predicted molar refractivity (Wildman–Crippen MR) is 179 cm³/mol. The topological polar surface area (TPSA) is 141 Å². The largest absolute Gasteiger partial charge is 0.434 e. The zero-order chi connectivity index (χ0) is 34.4. The van der Waals surface area contributed by atoms with Crippen LogP contribution in [0, 0.1) is 5.92 Å². The van der Waals surface area contributed by atoms with E-state index in [0.717, 1.165) is 49.1 Å². The number of aliphatic hydroxyl groups is 1. The first-order chi connectivity index (χ1) is 23.0. The number of nitrogens with zero attached hydrogens (tertiary/aromatic N) is 4. The Morgan fingerprint density at radius 2 is 1.88 bits per heavy atom. The van der Waals surface area contributed by atoms with E-state index in [1.54, 1.807) is 24.4 Å². The third-order valence-electron chi connectivity index (χ3n) is 8.36. The van der Waals surface area contributed by atoms with Crippen molar-refractivity contribution in [2.24, 2.45) is 5.92 Å². The monoisotopic (exact) mass is 685 g/mol. The molecule has 5 rings (SSSR count). The minimum Gasteiger partial charge on any atom is -0.395 e. The van der Waals surface area contributed by atoms with Gasteiger partial charge in [0, 0.05) is 53.9 Å². The van der Waals surface area contributed by atoms with Crippen molar-refractivity contribution < 1.29 is 27.9 Å². The smallest absolute Gasteiger partial charge is 0.395 e. The van der Waals surface area contributed by atoms with Crippen LogP contribution in [-0.4, -0.2) is 76.3 Å². The number of aryl methyl sites for hydroxylation is 1. The summed E-state index contributed by atoms with van der Waals surface area (Å²) in [5.74, 6) is -0.0201. The van der Waals surface area contributed by atoms with E-state index in [-0.39, 0.29) is 40.5 Å². The van der Waals surface area contributed by atoms with E-state index < -0.39 is 29.2 Å². The Kier molecular flexibility index (Phi) is 11.1. The molecular weight excluding hydrogens is 647 g/mol.